The molecule has 0 radical (unpaired) electrons. The zero-order valence-corrected chi connectivity index (χ0v) is 16.2. The van der Waals surface area contributed by atoms with Crippen molar-refractivity contribution in [2.45, 2.75) is 45.6 Å². The van der Waals surface area contributed by atoms with Gasteiger partial charge in [-0.25, -0.2) is 4.39 Å². The first-order valence-electron chi connectivity index (χ1n) is 10.1. The number of rotatable bonds is 5. The van der Waals surface area contributed by atoms with Gasteiger partial charge in [-0.1, -0.05) is 18.6 Å². The van der Waals surface area contributed by atoms with E-state index in [1.165, 1.54) is 31.4 Å². The number of hydrogen-bond acceptors (Lipinski definition) is 2. The minimum absolute atomic E-state index is 0.0922. The third-order valence-corrected chi connectivity index (χ3v) is 6.47. The van der Waals surface area contributed by atoms with Crippen LogP contribution in [0.1, 0.15) is 48.8 Å². The van der Waals surface area contributed by atoms with Crippen molar-refractivity contribution in [2.75, 3.05) is 4.90 Å². The van der Waals surface area contributed by atoms with Crippen molar-refractivity contribution in [3.05, 3.63) is 65.0 Å². The monoisotopic (exact) mass is 376 g/mol. The molecular weight excluding hydrogens is 351 g/mol. The molecule has 2 saturated carbocycles. The molecule has 3 atom stereocenters. The Balaban J connectivity index is 1.60. The van der Waals surface area contributed by atoms with Gasteiger partial charge in [-0.3, -0.25) is 4.79 Å². The molecule has 0 aromatic heterocycles. The molecule has 2 aliphatic carbocycles. The standard InChI is InChI=1S/C24H25FN2O/c1-16-9-22(25)7-8-23(16)27(15-19-4-2-3-18(10-19)14-26)24(28)13-21-12-17-5-6-20(21)11-17/h2-4,7-10,17,20-21H,5-6,11-13,15H2,1H3. The largest absolute Gasteiger partial charge is 0.308 e. The van der Waals surface area contributed by atoms with Crippen molar-refractivity contribution in [2.24, 2.45) is 17.8 Å². The topological polar surface area (TPSA) is 44.1 Å². The average Bonchev–Trinajstić information content (AvgIpc) is 3.30. The molecule has 0 saturated heterocycles. The maximum absolute atomic E-state index is 13.6. The first-order valence-corrected chi connectivity index (χ1v) is 10.1. The second-order valence-corrected chi connectivity index (χ2v) is 8.36. The van der Waals surface area contributed by atoms with Crippen LogP contribution in [-0.4, -0.2) is 5.91 Å². The quantitative estimate of drug-likeness (QED) is 0.704. The fourth-order valence-electron chi connectivity index (χ4n) is 5.11. The van der Waals surface area contributed by atoms with Crippen molar-refractivity contribution >= 4 is 11.6 Å². The molecule has 28 heavy (non-hydrogen) atoms. The number of carbonyl (C=O) groups excluding carboxylic acids is 1. The number of nitrogens with zero attached hydrogens (tertiary/aromatic N) is 2. The molecule has 2 aromatic carbocycles. The molecule has 3 unspecified atom stereocenters. The predicted molar refractivity (Wildman–Crippen MR) is 107 cm³/mol. The maximum atomic E-state index is 13.6. The SMILES string of the molecule is Cc1cc(F)ccc1N(Cc1cccc(C#N)c1)C(=O)CC1CC2CCC1C2. The highest BCUT2D eigenvalue weighted by Gasteiger charge is 2.40. The summed E-state index contributed by atoms with van der Waals surface area (Å²) in [5.41, 5.74) is 2.98. The van der Waals surface area contributed by atoms with Gasteiger partial charge in [-0.15, -0.1) is 0 Å². The summed E-state index contributed by atoms with van der Waals surface area (Å²) < 4.78 is 13.6. The zero-order valence-electron chi connectivity index (χ0n) is 16.2. The van der Waals surface area contributed by atoms with Crippen molar-refractivity contribution in [3.8, 4) is 6.07 Å². The third kappa shape index (κ3) is 3.80. The highest BCUT2D eigenvalue weighted by Crippen LogP contribution is 2.49. The van der Waals surface area contributed by atoms with Crippen LogP contribution in [0, 0.1) is 41.8 Å². The number of anilines is 1. The van der Waals surface area contributed by atoms with E-state index in [2.05, 4.69) is 6.07 Å². The maximum Gasteiger partial charge on any atom is 0.227 e. The summed E-state index contributed by atoms with van der Waals surface area (Å²) in [6, 6.07) is 14.1. The zero-order chi connectivity index (χ0) is 19.7. The van der Waals surface area contributed by atoms with Crippen LogP contribution in [0.25, 0.3) is 0 Å². The smallest absolute Gasteiger partial charge is 0.227 e. The normalized spacial score (nSPS) is 22.8. The minimum atomic E-state index is -0.298. The Bertz CT molecular complexity index is 932. The van der Waals surface area contributed by atoms with Gasteiger partial charge in [0.2, 0.25) is 5.91 Å². The molecule has 4 heteroatoms. The van der Waals surface area contributed by atoms with Crippen LogP contribution in [0.3, 0.4) is 0 Å². The van der Waals surface area contributed by atoms with Crippen LogP contribution in [0.2, 0.25) is 0 Å². The van der Waals surface area contributed by atoms with Crippen LogP contribution in [0.4, 0.5) is 10.1 Å². The number of carbonyl (C=O) groups is 1. The Kier molecular flexibility index (Phi) is 5.17. The molecule has 4 rings (SSSR count). The van der Waals surface area contributed by atoms with Gasteiger partial charge in [0.05, 0.1) is 18.2 Å². The lowest BCUT2D eigenvalue weighted by Crippen LogP contribution is -2.33. The Morgan fingerprint density at radius 2 is 2.07 bits per heavy atom. The molecule has 2 aromatic rings. The molecule has 0 aliphatic heterocycles. The lowest BCUT2D eigenvalue weighted by molar-refractivity contribution is -0.120. The van der Waals surface area contributed by atoms with Gasteiger partial charge in [0.15, 0.2) is 0 Å². The number of benzene rings is 2. The predicted octanol–water partition coefficient (Wildman–Crippen LogP) is 5.37. The van der Waals surface area contributed by atoms with E-state index in [9.17, 15) is 14.4 Å². The third-order valence-electron chi connectivity index (χ3n) is 6.47. The number of aryl methyl sites for hydroxylation is 1. The number of fused-ring (bicyclic) bond motifs is 2. The van der Waals surface area contributed by atoms with Gasteiger partial charge >= 0.3 is 0 Å². The number of hydrogen-bond donors (Lipinski definition) is 0. The van der Waals surface area contributed by atoms with Crippen LogP contribution >= 0.6 is 0 Å². The molecule has 3 nitrogen and oxygen atoms in total. The van der Waals surface area contributed by atoms with Crippen molar-refractivity contribution < 1.29 is 9.18 Å². The van der Waals surface area contributed by atoms with Crippen molar-refractivity contribution in [3.63, 3.8) is 0 Å². The number of halogens is 1. The van der Waals surface area contributed by atoms with Crippen LogP contribution in [0.15, 0.2) is 42.5 Å². The highest BCUT2D eigenvalue weighted by molar-refractivity contribution is 5.94. The summed E-state index contributed by atoms with van der Waals surface area (Å²) in [6.45, 7) is 2.23. The van der Waals surface area contributed by atoms with Gasteiger partial charge in [0.25, 0.3) is 0 Å². The fourth-order valence-corrected chi connectivity index (χ4v) is 5.11. The van der Waals surface area contributed by atoms with Crippen LogP contribution in [0.5, 0.6) is 0 Å². The van der Waals surface area contributed by atoms with E-state index in [0.29, 0.717) is 30.4 Å². The molecule has 2 bridgehead atoms. The molecular formula is C24H25FN2O. The number of nitriles is 1. The Labute approximate surface area is 165 Å². The minimum Gasteiger partial charge on any atom is -0.308 e. The molecule has 0 N–H and O–H groups in total. The van der Waals surface area contributed by atoms with Crippen molar-refractivity contribution in [1.29, 1.82) is 5.26 Å². The summed E-state index contributed by atoms with van der Waals surface area (Å²) in [5.74, 6) is 1.76. The van der Waals surface area contributed by atoms with E-state index in [0.717, 1.165) is 29.2 Å². The first-order chi connectivity index (χ1) is 13.5. The molecule has 144 valence electrons. The average molecular weight is 376 g/mol. The Morgan fingerprint density at radius 3 is 2.75 bits per heavy atom. The second kappa shape index (κ2) is 7.75. The van der Waals surface area contributed by atoms with E-state index in [-0.39, 0.29) is 11.7 Å². The Hall–Kier alpha value is -2.67. The molecule has 0 heterocycles. The first kappa shape index (κ1) is 18.7. The Morgan fingerprint density at radius 1 is 1.21 bits per heavy atom. The van der Waals surface area contributed by atoms with Gasteiger partial charge in [-0.2, -0.15) is 5.26 Å². The van der Waals surface area contributed by atoms with E-state index in [1.54, 1.807) is 17.0 Å². The lowest BCUT2D eigenvalue weighted by atomic mass is 9.86. The molecule has 0 spiro atoms. The van der Waals surface area contributed by atoms with Gasteiger partial charge in [0.1, 0.15) is 5.82 Å². The summed E-state index contributed by atoms with van der Waals surface area (Å²) in [5, 5.41) is 9.17. The van der Waals surface area contributed by atoms with Gasteiger partial charge in [-0.05, 0) is 85.4 Å². The van der Waals surface area contributed by atoms with E-state index in [1.807, 2.05) is 25.1 Å². The summed E-state index contributed by atoms with van der Waals surface area (Å²) >= 11 is 0. The van der Waals surface area contributed by atoms with Crippen molar-refractivity contribution in [1.82, 2.24) is 0 Å². The fraction of sp³-hybridized carbons (Fsp3) is 0.417. The number of amides is 1. The van der Waals surface area contributed by atoms with E-state index in [4.69, 9.17) is 0 Å². The van der Waals surface area contributed by atoms with E-state index >= 15 is 0 Å². The van der Waals surface area contributed by atoms with Crippen LogP contribution in [-0.2, 0) is 11.3 Å². The summed E-state index contributed by atoms with van der Waals surface area (Å²) in [7, 11) is 0. The summed E-state index contributed by atoms with van der Waals surface area (Å²) in [6.07, 6.45) is 5.56. The molecule has 1 amide bonds. The molecule has 2 aliphatic rings. The van der Waals surface area contributed by atoms with Gasteiger partial charge < -0.3 is 4.90 Å². The highest BCUT2D eigenvalue weighted by atomic mass is 19.1. The summed E-state index contributed by atoms with van der Waals surface area (Å²) in [4.78, 5) is 15.1. The van der Waals surface area contributed by atoms with Crippen LogP contribution < -0.4 is 4.90 Å². The lowest BCUT2D eigenvalue weighted by Gasteiger charge is -2.28. The van der Waals surface area contributed by atoms with E-state index < -0.39 is 0 Å². The molecule has 2 fully saturated rings. The van der Waals surface area contributed by atoms with Gasteiger partial charge in [0, 0.05) is 12.1 Å². The second-order valence-electron chi connectivity index (χ2n) is 8.36.